The summed E-state index contributed by atoms with van der Waals surface area (Å²) in [6.07, 6.45) is 2.20. The Morgan fingerprint density at radius 2 is 2.29 bits per heavy atom. The molecule has 1 aromatic heterocycles. The normalized spacial score (nSPS) is 9.71. The van der Waals surface area contributed by atoms with Gasteiger partial charge in [0.1, 0.15) is 0 Å². The summed E-state index contributed by atoms with van der Waals surface area (Å²) < 4.78 is 0. The van der Waals surface area contributed by atoms with Gasteiger partial charge < -0.3 is 20.7 Å². The second-order valence-electron chi connectivity index (χ2n) is 3.37. The number of nitro groups is 1. The third-order valence-corrected chi connectivity index (χ3v) is 1.96. The van der Waals surface area contributed by atoms with Gasteiger partial charge in [-0.05, 0) is 22.4 Å². The van der Waals surface area contributed by atoms with Crippen LogP contribution in [0, 0.1) is 10.1 Å². The highest BCUT2D eigenvalue weighted by atomic mass is 16.6. The molecule has 1 rings (SSSR count). The van der Waals surface area contributed by atoms with Gasteiger partial charge in [0.2, 0.25) is 5.91 Å². The lowest BCUT2D eigenvalue weighted by atomic mass is 10.4. The van der Waals surface area contributed by atoms with E-state index in [1.165, 1.54) is 18.3 Å². The van der Waals surface area contributed by atoms with E-state index < -0.39 is 4.92 Å². The van der Waals surface area contributed by atoms with Crippen LogP contribution in [0.1, 0.15) is 13.3 Å². The Bertz CT molecular complexity index is 391. The fourth-order valence-corrected chi connectivity index (χ4v) is 1.11. The first-order valence-electron chi connectivity index (χ1n) is 5.24. The smallest absolute Gasteiger partial charge is 0.363 e. The summed E-state index contributed by atoms with van der Waals surface area (Å²) in [7, 11) is 0. The van der Waals surface area contributed by atoms with E-state index in [1.54, 1.807) is 0 Å². The SMILES string of the molecule is CCCNC(=O)CNc1ccc([N+](=O)[O-])nc1. The highest BCUT2D eigenvalue weighted by Crippen LogP contribution is 2.10. The Morgan fingerprint density at radius 3 is 2.82 bits per heavy atom. The summed E-state index contributed by atoms with van der Waals surface area (Å²) in [6, 6.07) is 2.80. The second kappa shape index (κ2) is 6.41. The third-order valence-electron chi connectivity index (χ3n) is 1.96. The molecular formula is C10H14N4O3. The molecule has 0 fully saturated rings. The standard InChI is InChI=1S/C10H14N4O3/c1-2-5-11-10(15)7-12-8-3-4-9(13-6-8)14(16)17/h3-4,6,12H,2,5,7H2,1H3,(H,11,15). The van der Waals surface area contributed by atoms with Gasteiger partial charge in [-0.1, -0.05) is 6.92 Å². The third kappa shape index (κ3) is 4.45. The van der Waals surface area contributed by atoms with E-state index in [2.05, 4.69) is 15.6 Å². The molecule has 0 unspecified atom stereocenters. The van der Waals surface area contributed by atoms with Crippen LogP contribution in [0.4, 0.5) is 11.5 Å². The molecule has 7 nitrogen and oxygen atoms in total. The van der Waals surface area contributed by atoms with Gasteiger partial charge in [0.05, 0.1) is 12.2 Å². The highest BCUT2D eigenvalue weighted by Gasteiger charge is 2.06. The minimum Gasteiger partial charge on any atom is -0.373 e. The lowest BCUT2D eigenvalue weighted by molar-refractivity contribution is -0.389. The Hall–Kier alpha value is -2.18. The molecule has 0 aliphatic carbocycles. The van der Waals surface area contributed by atoms with Gasteiger partial charge in [0, 0.05) is 12.6 Å². The predicted octanol–water partition coefficient (Wildman–Crippen LogP) is 0.928. The van der Waals surface area contributed by atoms with Crippen LogP contribution in [-0.2, 0) is 4.79 Å². The lowest BCUT2D eigenvalue weighted by Crippen LogP contribution is -2.30. The van der Waals surface area contributed by atoms with Crippen molar-refractivity contribution in [2.24, 2.45) is 0 Å². The molecule has 0 spiro atoms. The number of hydrogen-bond acceptors (Lipinski definition) is 5. The van der Waals surface area contributed by atoms with Crippen molar-refractivity contribution in [2.75, 3.05) is 18.4 Å². The van der Waals surface area contributed by atoms with Gasteiger partial charge in [-0.2, -0.15) is 0 Å². The topological polar surface area (TPSA) is 97.2 Å². The zero-order valence-electron chi connectivity index (χ0n) is 9.47. The van der Waals surface area contributed by atoms with E-state index in [4.69, 9.17) is 0 Å². The van der Waals surface area contributed by atoms with Crippen LogP contribution in [-0.4, -0.2) is 28.9 Å². The highest BCUT2D eigenvalue weighted by molar-refractivity contribution is 5.80. The Balaban J connectivity index is 2.42. The quantitative estimate of drug-likeness (QED) is 0.567. The number of carbonyl (C=O) groups is 1. The van der Waals surface area contributed by atoms with E-state index in [0.29, 0.717) is 12.2 Å². The molecule has 1 amide bonds. The first-order valence-corrected chi connectivity index (χ1v) is 5.24. The number of nitrogens with zero attached hydrogens (tertiary/aromatic N) is 2. The number of hydrogen-bond donors (Lipinski definition) is 2. The maximum atomic E-state index is 11.2. The summed E-state index contributed by atoms with van der Waals surface area (Å²) in [4.78, 5) is 24.7. The van der Waals surface area contributed by atoms with E-state index in [0.717, 1.165) is 6.42 Å². The summed E-state index contributed by atoms with van der Waals surface area (Å²) in [5.74, 6) is -0.337. The summed E-state index contributed by atoms with van der Waals surface area (Å²) >= 11 is 0. The average molecular weight is 238 g/mol. The number of amides is 1. The van der Waals surface area contributed by atoms with Crippen LogP contribution in [0.2, 0.25) is 0 Å². The number of carbonyl (C=O) groups excluding carboxylic acids is 1. The van der Waals surface area contributed by atoms with Gasteiger partial charge in [0.25, 0.3) is 0 Å². The average Bonchev–Trinajstić information content (AvgIpc) is 2.34. The molecule has 1 aromatic rings. The molecule has 0 saturated carbocycles. The van der Waals surface area contributed by atoms with Crippen LogP contribution in [0.25, 0.3) is 0 Å². The van der Waals surface area contributed by atoms with Gasteiger partial charge in [0.15, 0.2) is 6.20 Å². The number of aromatic nitrogens is 1. The molecule has 1 heterocycles. The second-order valence-corrected chi connectivity index (χ2v) is 3.37. The van der Waals surface area contributed by atoms with Gasteiger partial charge >= 0.3 is 5.82 Å². The zero-order chi connectivity index (χ0) is 12.7. The number of pyridine rings is 1. The molecule has 0 saturated heterocycles. The Kier molecular flexibility index (Phi) is 4.86. The maximum Gasteiger partial charge on any atom is 0.363 e. The molecular weight excluding hydrogens is 224 g/mol. The van der Waals surface area contributed by atoms with Crippen LogP contribution in [0.5, 0.6) is 0 Å². The first kappa shape index (κ1) is 12.9. The van der Waals surface area contributed by atoms with Crippen molar-refractivity contribution in [2.45, 2.75) is 13.3 Å². The zero-order valence-corrected chi connectivity index (χ0v) is 9.47. The van der Waals surface area contributed by atoms with Crippen LogP contribution in [0.15, 0.2) is 18.3 Å². The molecule has 17 heavy (non-hydrogen) atoms. The van der Waals surface area contributed by atoms with Gasteiger partial charge in [-0.25, -0.2) is 0 Å². The Labute approximate surface area is 98.4 Å². The number of nitrogens with one attached hydrogen (secondary N) is 2. The summed E-state index contributed by atoms with van der Waals surface area (Å²) in [6.45, 7) is 2.73. The van der Waals surface area contributed by atoms with Crippen molar-refractivity contribution in [1.82, 2.24) is 10.3 Å². The molecule has 0 aliphatic rings. The van der Waals surface area contributed by atoms with Gasteiger partial charge in [-0.15, -0.1) is 0 Å². The maximum absolute atomic E-state index is 11.2. The predicted molar refractivity (Wildman–Crippen MR) is 62.7 cm³/mol. The monoisotopic (exact) mass is 238 g/mol. The summed E-state index contributed by atoms with van der Waals surface area (Å²) in [5, 5.41) is 15.9. The fourth-order valence-electron chi connectivity index (χ4n) is 1.11. The number of anilines is 1. The molecule has 0 bridgehead atoms. The molecule has 7 heteroatoms. The minimum atomic E-state index is -0.572. The molecule has 2 N–H and O–H groups in total. The summed E-state index contributed by atoms with van der Waals surface area (Å²) in [5.41, 5.74) is 0.572. The van der Waals surface area contributed by atoms with E-state index in [-0.39, 0.29) is 18.3 Å². The Morgan fingerprint density at radius 1 is 1.53 bits per heavy atom. The van der Waals surface area contributed by atoms with Crippen LogP contribution in [0.3, 0.4) is 0 Å². The lowest BCUT2D eigenvalue weighted by Gasteiger charge is -2.05. The molecule has 0 aromatic carbocycles. The van der Waals surface area contributed by atoms with E-state index in [1.807, 2.05) is 6.92 Å². The molecule has 92 valence electrons. The van der Waals surface area contributed by atoms with Crippen molar-refractivity contribution in [1.29, 1.82) is 0 Å². The molecule has 0 aliphatic heterocycles. The van der Waals surface area contributed by atoms with Crippen molar-refractivity contribution >= 4 is 17.4 Å². The number of rotatable bonds is 6. The van der Waals surface area contributed by atoms with E-state index in [9.17, 15) is 14.9 Å². The fraction of sp³-hybridized carbons (Fsp3) is 0.400. The molecule has 0 radical (unpaired) electrons. The van der Waals surface area contributed by atoms with Crippen molar-refractivity contribution in [3.05, 3.63) is 28.4 Å². The first-order chi connectivity index (χ1) is 8.13. The minimum absolute atomic E-state index is 0.120. The van der Waals surface area contributed by atoms with Crippen molar-refractivity contribution in [3.8, 4) is 0 Å². The van der Waals surface area contributed by atoms with Gasteiger partial charge in [-0.3, -0.25) is 4.79 Å². The van der Waals surface area contributed by atoms with E-state index >= 15 is 0 Å². The largest absolute Gasteiger partial charge is 0.373 e. The van der Waals surface area contributed by atoms with Crippen molar-refractivity contribution in [3.63, 3.8) is 0 Å². The van der Waals surface area contributed by atoms with Crippen molar-refractivity contribution < 1.29 is 9.72 Å². The molecule has 0 atom stereocenters. The van der Waals surface area contributed by atoms with Crippen LogP contribution >= 0.6 is 0 Å². The van der Waals surface area contributed by atoms with Crippen LogP contribution < -0.4 is 10.6 Å².